The van der Waals surface area contributed by atoms with Gasteiger partial charge in [0.25, 0.3) is 0 Å². The summed E-state index contributed by atoms with van der Waals surface area (Å²) >= 11 is 0. The van der Waals surface area contributed by atoms with Crippen LogP contribution in [-0.2, 0) is 4.79 Å². The molecular formula is C12H18N2O3. The molecule has 1 aliphatic rings. The Kier molecular flexibility index (Phi) is 4.00. The number of carboxylic acid groups (broad SMARTS) is 1. The zero-order valence-electron chi connectivity index (χ0n) is 10.2. The minimum absolute atomic E-state index is 0.252. The molecule has 1 saturated heterocycles. The molecule has 1 rings (SSSR count). The van der Waals surface area contributed by atoms with Crippen LogP contribution in [0.1, 0.15) is 26.7 Å². The average molecular weight is 238 g/mol. The molecule has 0 unspecified atom stereocenters. The first-order valence-corrected chi connectivity index (χ1v) is 5.63. The second-order valence-electron chi connectivity index (χ2n) is 4.82. The number of piperidine rings is 1. The van der Waals surface area contributed by atoms with E-state index in [0.717, 1.165) is 0 Å². The maximum Gasteiger partial charge on any atom is 0.318 e. The Labute approximate surface area is 101 Å². The number of terminal acetylenes is 1. The van der Waals surface area contributed by atoms with Gasteiger partial charge in [0.05, 0.1) is 11.5 Å². The molecule has 1 heterocycles. The van der Waals surface area contributed by atoms with Crippen LogP contribution in [0, 0.1) is 18.3 Å². The number of nitrogens with zero attached hydrogens (tertiary/aromatic N) is 1. The van der Waals surface area contributed by atoms with E-state index in [-0.39, 0.29) is 12.6 Å². The maximum absolute atomic E-state index is 11.9. The fraction of sp³-hybridized carbons (Fsp3) is 0.667. The largest absolute Gasteiger partial charge is 0.481 e. The van der Waals surface area contributed by atoms with Gasteiger partial charge in [0.1, 0.15) is 0 Å². The number of hydrogen-bond acceptors (Lipinski definition) is 2. The second kappa shape index (κ2) is 5.09. The number of hydrogen-bond donors (Lipinski definition) is 2. The first-order valence-electron chi connectivity index (χ1n) is 5.63. The van der Waals surface area contributed by atoms with Crippen molar-refractivity contribution < 1.29 is 14.7 Å². The third-order valence-electron chi connectivity index (χ3n) is 2.84. The lowest BCUT2D eigenvalue weighted by molar-refractivity contribution is -0.143. The van der Waals surface area contributed by atoms with Crippen LogP contribution in [0.3, 0.4) is 0 Å². The van der Waals surface area contributed by atoms with Crippen molar-refractivity contribution in [1.82, 2.24) is 10.2 Å². The number of likely N-dealkylation sites (tertiary alicyclic amines) is 1. The Morgan fingerprint density at radius 2 is 2.18 bits per heavy atom. The van der Waals surface area contributed by atoms with Crippen LogP contribution in [0.4, 0.5) is 4.79 Å². The average Bonchev–Trinajstić information content (AvgIpc) is 2.28. The molecule has 1 atom stereocenters. The summed E-state index contributed by atoms with van der Waals surface area (Å²) in [6.07, 6.45) is 6.61. The van der Waals surface area contributed by atoms with E-state index in [1.54, 1.807) is 13.8 Å². The van der Waals surface area contributed by atoms with Crippen LogP contribution in [-0.4, -0.2) is 40.6 Å². The predicted molar refractivity (Wildman–Crippen MR) is 63.4 cm³/mol. The van der Waals surface area contributed by atoms with Crippen molar-refractivity contribution in [2.45, 2.75) is 32.2 Å². The Balaban J connectivity index is 2.59. The number of rotatable bonds is 2. The lowest BCUT2D eigenvalue weighted by atomic mass is 9.98. The normalized spacial score (nSPS) is 20.5. The summed E-state index contributed by atoms with van der Waals surface area (Å²) in [4.78, 5) is 24.3. The molecule has 0 aromatic heterocycles. The van der Waals surface area contributed by atoms with Crippen molar-refractivity contribution >= 4 is 12.0 Å². The summed E-state index contributed by atoms with van der Waals surface area (Å²) in [5.41, 5.74) is -0.715. The highest BCUT2D eigenvalue weighted by Crippen LogP contribution is 2.17. The van der Waals surface area contributed by atoms with Gasteiger partial charge in [-0.25, -0.2) is 4.79 Å². The van der Waals surface area contributed by atoms with Crippen molar-refractivity contribution in [2.24, 2.45) is 5.92 Å². The van der Waals surface area contributed by atoms with Crippen LogP contribution in [0.2, 0.25) is 0 Å². The molecule has 2 N–H and O–H groups in total. The van der Waals surface area contributed by atoms with E-state index in [4.69, 9.17) is 11.5 Å². The molecule has 0 aliphatic carbocycles. The van der Waals surface area contributed by atoms with Crippen LogP contribution < -0.4 is 5.32 Å². The monoisotopic (exact) mass is 238 g/mol. The van der Waals surface area contributed by atoms with Gasteiger partial charge >= 0.3 is 12.0 Å². The Bertz CT molecular complexity index is 357. The first kappa shape index (κ1) is 13.4. The Hall–Kier alpha value is -1.70. The zero-order chi connectivity index (χ0) is 13.1. The molecule has 2 amide bonds. The second-order valence-corrected chi connectivity index (χ2v) is 4.82. The van der Waals surface area contributed by atoms with Gasteiger partial charge in [-0.15, -0.1) is 6.42 Å². The molecule has 0 radical (unpaired) electrons. The fourth-order valence-corrected chi connectivity index (χ4v) is 1.75. The third kappa shape index (κ3) is 3.66. The SMILES string of the molecule is C#CC(C)(C)NC(=O)N1CCC[C@@H](C(=O)O)C1. The molecule has 0 spiro atoms. The first-order chi connectivity index (χ1) is 7.85. The summed E-state index contributed by atoms with van der Waals surface area (Å²) < 4.78 is 0. The van der Waals surface area contributed by atoms with E-state index in [1.807, 2.05) is 0 Å². The van der Waals surface area contributed by atoms with E-state index < -0.39 is 17.4 Å². The summed E-state index contributed by atoms with van der Waals surface area (Å²) in [6.45, 7) is 4.28. The standard InChI is InChI=1S/C12H18N2O3/c1-4-12(2,3)13-11(17)14-7-5-6-9(8-14)10(15)16/h1,9H,5-8H2,2-3H3,(H,13,17)(H,15,16)/t9-/m1/s1. The quantitative estimate of drug-likeness (QED) is 0.702. The molecule has 1 aliphatic heterocycles. The summed E-state index contributed by atoms with van der Waals surface area (Å²) in [7, 11) is 0. The highest BCUT2D eigenvalue weighted by Gasteiger charge is 2.29. The Morgan fingerprint density at radius 1 is 1.53 bits per heavy atom. The van der Waals surface area contributed by atoms with E-state index in [1.165, 1.54) is 4.90 Å². The van der Waals surface area contributed by atoms with Gasteiger partial charge in [-0.05, 0) is 26.7 Å². The van der Waals surface area contributed by atoms with Gasteiger partial charge in [0.2, 0.25) is 0 Å². The molecule has 0 aromatic rings. The van der Waals surface area contributed by atoms with Gasteiger partial charge in [-0.1, -0.05) is 5.92 Å². The topological polar surface area (TPSA) is 69.6 Å². The minimum Gasteiger partial charge on any atom is -0.481 e. The number of carbonyl (C=O) groups is 2. The minimum atomic E-state index is -0.848. The molecule has 94 valence electrons. The number of aliphatic carboxylic acids is 1. The Morgan fingerprint density at radius 3 is 2.71 bits per heavy atom. The van der Waals surface area contributed by atoms with E-state index in [9.17, 15) is 9.59 Å². The summed E-state index contributed by atoms with van der Waals surface area (Å²) in [5, 5.41) is 11.6. The zero-order valence-corrected chi connectivity index (χ0v) is 10.2. The van der Waals surface area contributed by atoms with Crippen molar-refractivity contribution in [3.63, 3.8) is 0 Å². The van der Waals surface area contributed by atoms with E-state index in [2.05, 4.69) is 11.2 Å². The van der Waals surface area contributed by atoms with E-state index >= 15 is 0 Å². The van der Waals surface area contributed by atoms with Crippen molar-refractivity contribution in [2.75, 3.05) is 13.1 Å². The molecule has 17 heavy (non-hydrogen) atoms. The third-order valence-corrected chi connectivity index (χ3v) is 2.84. The van der Waals surface area contributed by atoms with Crippen molar-refractivity contribution in [3.8, 4) is 12.3 Å². The molecule has 0 saturated carbocycles. The number of nitrogens with one attached hydrogen (secondary N) is 1. The van der Waals surface area contributed by atoms with Crippen molar-refractivity contribution in [1.29, 1.82) is 0 Å². The lowest BCUT2D eigenvalue weighted by Gasteiger charge is -2.33. The number of carbonyl (C=O) groups excluding carboxylic acids is 1. The van der Waals surface area contributed by atoms with Crippen LogP contribution in [0.5, 0.6) is 0 Å². The number of urea groups is 1. The predicted octanol–water partition coefficient (Wildman–Crippen LogP) is 0.904. The molecule has 5 heteroatoms. The smallest absolute Gasteiger partial charge is 0.318 e. The van der Waals surface area contributed by atoms with Gasteiger partial charge in [-0.3, -0.25) is 4.79 Å². The van der Waals surface area contributed by atoms with Gasteiger partial charge in [-0.2, -0.15) is 0 Å². The molecule has 0 aromatic carbocycles. The highest BCUT2D eigenvalue weighted by atomic mass is 16.4. The number of carboxylic acids is 1. The fourth-order valence-electron chi connectivity index (χ4n) is 1.75. The molecular weight excluding hydrogens is 220 g/mol. The van der Waals surface area contributed by atoms with Crippen LogP contribution in [0.25, 0.3) is 0 Å². The molecule has 5 nitrogen and oxygen atoms in total. The van der Waals surface area contributed by atoms with Gasteiger partial charge in [0.15, 0.2) is 0 Å². The van der Waals surface area contributed by atoms with E-state index in [0.29, 0.717) is 19.4 Å². The lowest BCUT2D eigenvalue weighted by Crippen LogP contribution is -2.52. The van der Waals surface area contributed by atoms with Crippen LogP contribution in [0.15, 0.2) is 0 Å². The molecule has 1 fully saturated rings. The van der Waals surface area contributed by atoms with Crippen molar-refractivity contribution in [3.05, 3.63) is 0 Å². The maximum atomic E-state index is 11.9. The van der Waals surface area contributed by atoms with Gasteiger partial charge in [0, 0.05) is 13.1 Å². The number of amides is 2. The summed E-state index contributed by atoms with van der Waals surface area (Å²) in [6, 6.07) is -0.293. The highest BCUT2D eigenvalue weighted by molar-refractivity contribution is 5.77. The van der Waals surface area contributed by atoms with Crippen LogP contribution >= 0.6 is 0 Å². The summed E-state index contributed by atoms with van der Waals surface area (Å²) in [5.74, 6) is 1.15. The van der Waals surface area contributed by atoms with Gasteiger partial charge < -0.3 is 15.3 Å². The molecule has 0 bridgehead atoms.